The monoisotopic (exact) mass is 379 g/mol. The van der Waals surface area contributed by atoms with Gasteiger partial charge in [-0.1, -0.05) is 29.8 Å². The number of carbonyl (C=O) groups is 1. The summed E-state index contributed by atoms with van der Waals surface area (Å²) in [6.45, 7) is 4.36. The molecule has 1 amide bonds. The molecule has 2 aromatic rings. The highest BCUT2D eigenvalue weighted by Gasteiger charge is 2.53. The maximum absolute atomic E-state index is 13.2. The fourth-order valence-corrected chi connectivity index (χ4v) is 7.39. The van der Waals surface area contributed by atoms with Crippen LogP contribution in [0.2, 0.25) is 0 Å². The maximum atomic E-state index is 13.2. The van der Waals surface area contributed by atoms with Crippen molar-refractivity contribution in [3.05, 3.63) is 46.2 Å². The molecule has 1 aromatic carbocycles. The average molecular weight is 380 g/mol. The lowest BCUT2D eigenvalue weighted by atomic mass is 9.48. The topological polar surface area (TPSA) is 29.1 Å². The summed E-state index contributed by atoms with van der Waals surface area (Å²) in [4.78, 5) is 14.0. The minimum Gasteiger partial charge on any atom is -0.348 e. The lowest BCUT2D eigenvalue weighted by molar-refractivity contribution is -0.0687. The van der Waals surface area contributed by atoms with Gasteiger partial charge in [-0.3, -0.25) is 4.79 Å². The Bertz CT molecular complexity index is 814. The first-order valence-electron chi connectivity index (χ1n) is 10.5. The first-order valence-corrected chi connectivity index (χ1v) is 11.4. The van der Waals surface area contributed by atoms with Crippen LogP contribution >= 0.6 is 11.3 Å². The van der Waals surface area contributed by atoms with Crippen molar-refractivity contribution in [3.63, 3.8) is 0 Å². The molecule has 2 nitrogen and oxygen atoms in total. The van der Waals surface area contributed by atoms with E-state index in [1.54, 1.807) is 11.3 Å². The molecule has 0 radical (unpaired) electrons. The third kappa shape index (κ3) is 3.04. The van der Waals surface area contributed by atoms with Gasteiger partial charge in [-0.2, -0.15) is 0 Å². The van der Waals surface area contributed by atoms with E-state index in [4.69, 9.17) is 0 Å². The van der Waals surface area contributed by atoms with E-state index in [1.807, 2.05) is 5.38 Å². The van der Waals surface area contributed by atoms with Gasteiger partial charge in [-0.05, 0) is 92.6 Å². The summed E-state index contributed by atoms with van der Waals surface area (Å²) in [6, 6.07) is 10.8. The molecule has 4 aliphatic carbocycles. The predicted molar refractivity (Wildman–Crippen MR) is 112 cm³/mol. The number of carbonyl (C=O) groups excluding carboxylic acids is 1. The van der Waals surface area contributed by atoms with Gasteiger partial charge in [0.05, 0.1) is 4.88 Å². The molecule has 0 saturated heterocycles. The Balaban J connectivity index is 1.36. The molecule has 4 bridgehead atoms. The quantitative estimate of drug-likeness (QED) is 0.687. The number of thiophene rings is 1. The van der Waals surface area contributed by atoms with Gasteiger partial charge in [0.2, 0.25) is 0 Å². The van der Waals surface area contributed by atoms with Gasteiger partial charge in [0.15, 0.2) is 0 Å². The number of nitrogens with one attached hydrogen (secondary N) is 1. The van der Waals surface area contributed by atoms with Crippen LogP contribution in [0.3, 0.4) is 0 Å². The van der Waals surface area contributed by atoms with Gasteiger partial charge in [0, 0.05) is 11.6 Å². The van der Waals surface area contributed by atoms with Crippen LogP contribution in [0.4, 0.5) is 0 Å². The molecular weight excluding hydrogens is 350 g/mol. The van der Waals surface area contributed by atoms with Crippen molar-refractivity contribution in [2.75, 3.05) is 0 Å². The van der Waals surface area contributed by atoms with Gasteiger partial charge in [-0.25, -0.2) is 0 Å². The Morgan fingerprint density at radius 2 is 1.63 bits per heavy atom. The fourth-order valence-electron chi connectivity index (χ4n) is 6.57. The average Bonchev–Trinajstić information content (AvgIpc) is 3.11. The normalized spacial score (nSPS) is 32.4. The van der Waals surface area contributed by atoms with Crippen LogP contribution in [0, 0.1) is 30.1 Å². The molecule has 3 heteroatoms. The zero-order valence-corrected chi connectivity index (χ0v) is 17.1. The molecule has 4 fully saturated rings. The highest BCUT2D eigenvalue weighted by atomic mass is 32.1. The highest BCUT2D eigenvalue weighted by molar-refractivity contribution is 7.12. The Kier molecular flexibility index (Phi) is 4.19. The second-order valence-electron chi connectivity index (χ2n) is 9.50. The molecule has 4 saturated carbocycles. The van der Waals surface area contributed by atoms with E-state index in [9.17, 15) is 4.79 Å². The Morgan fingerprint density at radius 3 is 2.22 bits per heavy atom. The zero-order chi connectivity index (χ0) is 18.6. The molecule has 0 spiro atoms. The molecule has 1 aromatic heterocycles. The molecule has 0 unspecified atom stereocenters. The van der Waals surface area contributed by atoms with E-state index in [2.05, 4.69) is 49.5 Å². The summed E-state index contributed by atoms with van der Waals surface area (Å²) >= 11 is 1.56. The summed E-state index contributed by atoms with van der Waals surface area (Å²) < 4.78 is 0. The summed E-state index contributed by atoms with van der Waals surface area (Å²) in [6.07, 6.45) is 8.33. The molecule has 1 heterocycles. The Morgan fingerprint density at radius 1 is 1.04 bits per heavy atom. The van der Waals surface area contributed by atoms with Crippen molar-refractivity contribution in [2.24, 2.45) is 23.2 Å². The van der Waals surface area contributed by atoms with Crippen LogP contribution in [0.1, 0.15) is 60.7 Å². The van der Waals surface area contributed by atoms with Crippen LogP contribution in [-0.2, 0) is 0 Å². The second kappa shape index (κ2) is 6.48. The molecule has 4 aliphatic rings. The number of aryl methyl sites for hydroxylation is 1. The number of hydrogen-bond donors (Lipinski definition) is 1. The SMILES string of the molecule is Cc1ccc(-c2ccsc2C(=O)N[C@H](C)C23CC4CC(CC(C4)C2)C3)cc1. The molecular formula is C24H29NOS. The highest BCUT2D eigenvalue weighted by Crippen LogP contribution is 2.61. The minimum atomic E-state index is 0.115. The summed E-state index contributed by atoms with van der Waals surface area (Å²) in [5.41, 5.74) is 3.80. The zero-order valence-electron chi connectivity index (χ0n) is 16.3. The van der Waals surface area contributed by atoms with Gasteiger partial charge in [0.1, 0.15) is 0 Å². The minimum absolute atomic E-state index is 0.115. The van der Waals surface area contributed by atoms with Crippen LogP contribution in [0.15, 0.2) is 35.7 Å². The maximum Gasteiger partial charge on any atom is 0.262 e. The van der Waals surface area contributed by atoms with E-state index in [-0.39, 0.29) is 11.9 Å². The van der Waals surface area contributed by atoms with E-state index >= 15 is 0 Å². The third-order valence-electron chi connectivity index (χ3n) is 7.59. The lowest BCUT2D eigenvalue weighted by Crippen LogP contribution is -2.55. The van der Waals surface area contributed by atoms with Gasteiger partial charge < -0.3 is 5.32 Å². The van der Waals surface area contributed by atoms with Crippen molar-refractivity contribution < 1.29 is 4.79 Å². The van der Waals surface area contributed by atoms with Crippen molar-refractivity contribution in [1.82, 2.24) is 5.32 Å². The molecule has 1 N–H and O–H groups in total. The molecule has 27 heavy (non-hydrogen) atoms. The van der Waals surface area contributed by atoms with Crippen LogP contribution in [-0.4, -0.2) is 11.9 Å². The Hall–Kier alpha value is -1.61. The largest absolute Gasteiger partial charge is 0.348 e. The number of rotatable bonds is 4. The standard InChI is InChI=1S/C24H29NOS/c1-15-3-5-20(6-4-15)21-7-8-27-22(21)23(26)25-16(2)24-12-17-9-18(13-24)11-19(10-17)14-24/h3-8,16-19H,9-14H2,1-2H3,(H,25,26)/t16-,17?,18?,19?,24?/m1/s1. The summed E-state index contributed by atoms with van der Waals surface area (Å²) in [5, 5.41) is 5.47. The van der Waals surface area contributed by atoms with E-state index in [0.717, 1.165) is 33.8 Å². The summed E-state index contributed by atoms with van der Waals surface area (Å²) in [5.74, 6) is 2.87. The molecule has 142 valence electrons. The van der Waals surface area contributed by atoms with Gasteiger partial charge in [-0.15, -0.1) is 11.3 Å². The first kappa shape index (κ1) is 17.5. The Labute approximate surface area is 166 Å². The van der Waals surface area contributed by atoms with Crippen LogP contribution < -0.4 is 5.32 Å². The van der Waals surface area contributed by atoms with Crippen molar-refractivity contribution in [2.45, 2.75) is 58.4 Å². The fraction of sp³-hybridized carbons (Fsp3) is 0.542. The second-order valence-corrected chi connectivity index (χ2v) is 10.4. The summed E-state index contributed by atoms with van der Waals surface area (Å²) in [7, 11) is 0. The van der Waals surface area contributed by atoms with Crippen molar-refractivity contribution in [3.8, 4) is 11.1 Å². The van der Waals surface area contributed by atoms with Crippen molar-refractivity contribution >= 4 is 17.2 Å². The predicted octanol–water partition coefficient (Wildman–Crippen LogP) is 6.06. The van der Waals surface area contributed by atoms with Crippen LogP contribution in [0.25, 0.3) is 11.1 Å². The van der Waals surface area contributed by atoms with Gasteiger partial charge >= 0.3 is 0 Å². The molecule has 0 aliphatic heterocycles. The number of hydrogen-bond acceptors (Lipinski definition) is 2. The van der Waals surface area contributed by atoms with E-state index in [0.29, 0.717) is 5.41 Å². The van der Waals surface area contributed by atoms with Crippen molar-refractivity contribution in [1.29, 1.82) is 0 Å². The van der Waals surface area contributed by atoms with Crippen LogP contribution in [0.5, 0.6) is 0 Å². The molecule has 1 atom stereocenters. The lowest BCUT2D eigenvalue weighted by Gasteiger charge is -2.59. The van der Waals surface area contributed by atoms with E-state index in [1.165, 1.54) is 44.1 Å². The number of amides is 1. The number of benzene rings is 1. The van der Waals surface area contributed by atoms with Gasteiger partial charge in [0.25, 0.3) is 5.91 Å². The first-order chi connectivity index (χ1) is 13.0. The smallest absolute Gasteiger partial charge is 0.262 e. The third-order valence-corrected chi connectivity index (χ3v) is 8.50. The molecule has 6 rings (SSSR count). The van der Waals surface area contributed by atoms with E-state index < -0.39 is 0 Å².